The lowest BCUT2D eigenvalue weighted by Crippen LogP contribution is -2.37. The third-order valence-corrected chi connectivity index (χ3v) is 3.77. The van der Waals surface area contributed by atoms with Crippen molar-refractivity contribution < 1.29 is 4.79 Å². The molecule has 2 amide bonds. The van der Waals surface area contributed by atoms with Gasteiger partial charge in [0.2, 0.25) is 0 Å². The average molecular weight is 280 g/mol. The van der Waals surface area contributed by atoms with Gasteiger partial charge in [0, 0.05) is 11.4 Å². The number of amides is 2. The van der Waals surface area contributed by atoms with Crippen molar-refractivity contribution in [2.75, 3.05) is 12.8 Å². The molecule has 4 heteroatoms. The van der Waals surface area contributed by atoms with E-state index in [1.807, 2.05) is 6.92 Å². The number of carbonyl (C=O) groups excluding carboxylic acids is 1. The number of thioether (sulfide) groups is 1. The number of benzene rings is 1. The minimum absolute atomic E-state index is 0.0297. The number of unbranched alkanes of at least 4 members (excludes halogenated alkanes) is 2. The second-order valence-electron chi connectivity index (χ2n) is 4.60. The minimum atomic E-state index is -0.0856. The molecule has 1 atom stereocenters. The van der Waals surface area contributed by atoms with E-state index in [0.29, 0.717) is 0 Å². The molecule has 0 saturated carbocycles. The van der Waals surface area contributed by atoms with E-state index in [1.54, 1.807) is 11.8 Å². The third kappa shape index (κ3) is 6.01. The zero-order chi connectivity index (χ0) is 14.1. The Morgan fingerprint density at radius 1 is 1.26 bits per heavy atom. The Morgan fingerprint density at radius 3 is 2.53 bits per heavy atom. The van der Waals surface area contributed by atoms with Crippen LogP contribution in [0.1, 0.15) is 44.7 Å². The summed E-state index contributed by atoms with van der Waals surface area (Å²) in [7, 11) is 0. The molecule has 0 radical (unpaired) electrons. The van der Waals surface area contributed by atoms with E-state index in [1.165, 1.54) is 11.3 Å². The standard InChI is InChI=1S/C15H24N2OS/c1-4-5-6-11-16-15(18)17-12(2)13-7-9-14(19-3)10-8-13/h7-10,12H,4-6,11H2,1-3H3,(H2,16,17,18). The second-order valence-corrected chi connectivity index (χ2v) is 5.48. The molecular formula is C15H24N2OS. The number of hydrogen-bond donors (Lipinski definition) is 2. The summed E-state index contributed by atoms with van der Waals surface area (Å²) < 4.78 is 0. The molecular weight excluding hydrogens is 256 g/mol. The van der Waals surface area contributed by atoms with Gasteiger partial charge in [0.25, 0.3) is 0 Å². The molecule has 0 bridgehead atoms. The van der Waals surface area contributed by atoms with E-state index >= 15 is 0 Å². The van der Waals surface area contributed by atoms with Crippen LogP contribution in [0.4, 0.5) is 4.79 Å². The van der Waals surface area contributed by atoms with Crippen molar-refractivity contribution in [3.63, 3.8) is 0 Å². The fraction of sp³-hybridized carbons (Fsp3) is 0.533. The van der Waals surface area contributed by atoms with Crippen molar-refractivity contribution in [1.82, 2.24) is 10.6 Å². The van der Waals surface area contributed by atoms with Crippen LogP contribution in [0.25, 0.3) is 0 Å². The third-order valence-electron chi connectivity index (χ3n) is 3.03. The van der Waals surface area contributed by atoms with Crippen LogP contribution < -0.4 is 10.6 Å². The van der Waals surface area contributed by atoms with Gasteiger partial charge in [-0.15, -0.1) is 11.8 Å². The Hall–Kier alpha value is -1.16. The molecule has 1 aromatic carbocycles. The van der Waals surface area contributed by atoms with Gasteiger partial charge in [0.15, 0.2) is 0 Å². The average Bonchev–Trinajstić information content (AvgIpc) is 2.43. The molecule has 19 heavy (non-hydrogen) atoms. The molecule has 0 fully saturated rings. The first kappa shape index (κ1) is 15.9. The highest BCUT2D eigenvalue weighted by Gasteiger charge is 2.08. The van der Waals surface area contributed by atoms with Gasteiger partial charge in [-0.2, -0.15) is 0 Å². The molecule has 0 spiro atoms. The summed E-state index contributed by atoms with van der Waals surface area (Å²) in [6.45, 7) is 4.90. The van der Waals surface area contributed by atoms with Crippen molar-refractivity contribution in [2.24, 2.45) is 0 Å². The van der Waals surface area contributed by atoms with Gasteiger partial charge >= 0.3 is 6.03 Å². The Balaban J connectivity index is 2.36. The number of hydrogen-bond acceptors (Lipinski definition) is 2. The zero-order valence-electron chi connectivity index (χ0n) is 12.0. The molecule has 0 aliphatic rings. The van der Waals surface area contributed by atoms with Crippen LogP contribution in [0.3, 0.4) is 0 Å². The van der Waals surface area contributed by atoms with Crippen molar-refractivity contribution in [2.45, 2.75) is 44.0 Å². The summed E-state index contributed by atoms with van der Waals surface area (Å²) in [5, 5.41) is 5.84. The molecule has 2 N–H and O–H groups in total. The lowest BCUT2D eigenvalue weighted by molar-refractivity contribution is 0.237. The highest BCUT2D eigenvalue weighted by molar-refractivity contribution is 7.98. The first-order valence-electron chi connectivity index (χ1n) is 6.85. The Kier molecular flexibility index (Phi) is 7.41. The normalized spacial score (nSPS) is 11.9. The summed E-state index contributed by atoms with van der Waals surface area (Å²) in [4.78, 5) is 12.9. The minimum Gasteiger partial charge on any atom is -0.338 e. The van der Waals surface area contributed by atoms with Gasteiger partial charge in [0.1, 0.15) is 0 Å². The molecule has 0 saturated heterocycles. The van der Waals surface area contributed by atoms with Crippen molar-refractivity contribution in [3.8, 4) is 0 Å². The van der Waals surface area contributed by atoms with E-state index in [9.17, 15) is 4.79 Å². The lowest BCUT2D eigenvalue weighted by atomic mass is 10.1. The fourth-order valence-electron chi connectivity index (χ4n) is 1.80. The Labute approximate surface area is 120 Å². The predicted octanol–water partition coefficient (Wildman–Crippen LogP) is 3.96. The molecule has 0 heterocycles. The Bertz CT molecular complexity index is 378. The summed E-state index contributed by atoms with van der Waals surface area (Å²) >= 11 is 1.72. The van der Waals surface area contributed by atoms with E-state index in [-0.39, 0.29) is 12.1 Å². The van der Waals surface area contributed by atoms with Crippen LogP contribution in [-0.2, 0) is 0 Å². The summed E-state index contributed by atoms with van der Waals surface area (Å²) in [6.07, 6.45) is 5.43. The van der Waals surface area contributed by atoms with Gasteiger partial charge in [0.05, 0.1) is 6.04 Å². The van der Waals surface area contributed by atoms with Crippen LogP contribution in [0.15, 0.2) is 29.2 Å². The van der Waals surface area contributed by atoms with Crippen LogP contribution >= 0.6 is 11.8 Å². The second kappa shape index (κ2) is 8.86. The predicted molar refractivity (Wildman–Crippen MR) is 82.7 cm³/mol. The zero-order valence-corrected chi connectivity index (χ0v) is 12.8. The lowest BCUT2D eigenvalue weighted by Gasteiger charge is -2.15. The number of rotatable bonds is 7. The molecule has 3 nitrogen and oxygen atoms in total. The smallest absolute Gasteiger partial charge is 0.315 e. The van der Waals surface area contributed by atoms with Crippen molar-refractivity contribution >= 4 is 17.8 Å². The molecule has 0 aromatic heterocycles. The molecule has 0 aliphatic heterocycles. The largest absolute Gasteiger partial charge is 0.338 e. The Morgan fingerprint density at radius 2 is 1.95 bits per heavy atom. The molecule has 1 aromatic rings. The summed E-state index contributed by atoms with van der Waals surface area (Å²) in [5.41, 5.74) is 1.13. The van der Waals surface area contributed by atoms with Crippen LogP contribution in [0.2, 0.25) is 0 Å². The molecule has 106 valence electrons. The van der Waals surface area contributed by atoms with Gasteiger partial charge in [-0.25, -0.2) is 4.79 Å². The summed E-state index contributed by atoms with van der Waals surface area (Å²) in [6, 6.07) is 8.23. The quantitative estimate of drug-likeness (QED) is 0.586. The van der Waals surface area contributed by atoms with Crippen LogP contribution in [0, 0.1) is 0 Å². The maximum absolute atomic E-state index is 11.7. The molecule has 1 rings (SSSR count). The number of carbonyl (C=O) groups is 1. The number of nitrogens with one attached hydrogen (secondary N) is 2. The first-order valence-corrected chi connectivity index (χ1v) is 8.08. The molecule has 0 aliphatic carbocycles. The maximum atomic E-state index is 11.7. The number of urea groups is 1. The van der Waals surface area contributed by atoms with E-state index in [2.05, 4.69) is 48.1 Å². The van der Waals surface area contributed by atoms with E-state index in [4.69, 9.17) is 0 Å². The first-order chi connectivity index (χ1) is 9.17. The molecule has 1 unspecified atom stereocenters. The van der Waals surface area contributed by atoms with Gasteiger partial charge in [-0.05, 0) is 37.3 Å². The summed E-state index contributed by atoms with van der Waals surface area (Å²) in [5.74, 6) is 0. The monoisotopic (exact) mass is 280 g/mol. The van der Waals surface area contributed by atoms with Crippen molar-refractivity contribution in [1.29, 1.82) is 0 Å². The van der Waals surface area contributed by atoms with Gasteiger partial charge < -0.3 is 10.6 Å². The van der Waals surface area contributed by atoms with Crippen molar-refractivity contribution in [3.05, 3.63) is 29.8 Å². The topological polar surface area (TPSA) is 41.1 Å². The van der Waals surface area contributed by atoms with Gasteiger partial charge in [-0.3, -0.25) is 0 Å². The fourth-order valence-corrected chi connectivity index (χ4v) is 2.21. The SMILES string of the molecule is CCCCCNC(=O)NC(C)c1ccc(SC)cc1. The maximum Gasteiger partial charge on any atom is 0.315 e. The van der Waals surface area contributed by atoms with E-state index < -0.39 is 0 Å². The highest BCUT2D eigenvalue weighted by Crippen LogP contribution is 2.18. The van der Waals surface area contributed by atoms with E-state index in [0.717, 1.165) is 24.9 Å². The highest BCUT2D eigenvalue weighted by atomic mass is 32.2. The van der Waals surface area contributed by atoms with Crippen LogP contribution in [-0.4, -0.2) is 18.8 Å². The van der Waals surface area contributed by atoms with Gasteiger partial charge in [-0.1, -0.05) is 31.9 Å². The van der Waals surface area contributed by atoms with Crippen LogP contribution in [0.5, 0.6) is 0 Å².